The zero-order chi connectivity index (χ0) is 20.3. The summed E-state index contributed by atoms with van der Waals surface area (Å²) in [4.78, 5) is 25.6. The van der Waals surface area contributed by atoms with E-state index in [9.17, 15) is 4.79 Å². The molecule has 0 aliphatic carbocycles. The summed E-state index contributed by atoms with van der Waals surface area (Å²) < 4.78 is 40.2. The van der Waals surface area contributed by atoms with Crippen LogP contribution in [0, 0.1) is 5.92 Å². The molecule has 0 radical (unpaired) electrons. The molecule has 4 rings (SSSR count). The maximum absolute atomic E-state index is 12.8. The number of hydrogen-bond donors (Lipinski definition) is 1. The summed E-state index contributed by atoms with van der Waals surface area (Å²) in [5.74, 6) is 0.358. The summed E-state index contributed by atoms with van der Waals surface area (Å²) in [6.45, 7) is 3.96. The molecule has 0 fully saturated rings. The van der Waals surface area contributed by atoms with Crippen LogP contribution in [0.15, 0.2) is 46.5 Å². The first-order chi connectivity index (χ1) is 13.3. The fraction of sp³-hybridized carbons (Fsp3) is 0.278. The van der Waals surface area contributed by atoms with Gasteiger partial charge in [0.2, 0.25) is 0 Å². The van der Waals surface area contributed by atoms with Crippen LogP contribution < -0.4 is 0 Å². The molecular formula is C18H18N4O. The summed E-state index contributed by atoms with van der Waals surface area (Å²) in [7, 11) is 0. The van der Waals surface area contributed by atoms with E-state index in [1.165, 1.54) is 17.3 Å². The molecule has 0 saturated carbocycles. The van der Waals surface area contributed by atoms with Crippen LogP contribution in [0.4, 0.5) is 0 Å². The highest BCUT2D eigenvalue weighted by Gasteiger charge is 2.37. The quantitative estimate of drug-likeness (QED) is 0.929. The third-order valence-corrected chi connectivity index (χ3v) is 4.27. The number of aromatic nitrogens is 1. The minimum atomic E-state index is -0.474. The molecule has 0 bridgehead atoms. The van der Waals surface area contributed by atoms with Gasteiger partial charge in [-0.15, -0.1) is 0 Å². The van der Waals surface area contributed by atoms with Gasteiger partial charge in [0.1, 0.15) is 6.04 Å². The van der Waals surface area contributed by atoms with E-state index in [0.717, 1.165) is 6.42 Å². The average molecular weight is 311 g/mol. The monoisotopic (exact) mass is 311 g/mol. The summed E-state index contributed by atoms with van der Waals surface area (Å²) >= 11 is 0. The fourth-order valence-corrected chi connectivity index (χ4v) is 2.72. The summed E-state index contributed by atoms with van der Waals surface area (Å²) in [6, 6.07) is -1.71. The Bertz CT molecular complexity index is 1120. The maximum Gasteiger partial charge on any atom is 0.257 e. The first kappa shape index (κ1) is 9.45. The molecule has 5 nitrogen and oxygen atoms in total. The van der Waals surface area contributed by atoms with Crippen LogP contribution in [0.3, 0.4) is 0 Å². The zero-order valence-corrected chi connectivity index (χ0v) is 12.8. The normalized spacial score (nSPS) is 24.4. The van der Waals surface area contributed by atoms with Crippen molar-refractivity contribution in [1.82, 2.24) is 9.88 Å². The second-order valence-corrected chi connectivity index (χ2v) is 5.67. The van der Waals surface area contributed by atoms with E-state index in [1.807, 2.05) is 13.8 Å². The second kappa shape index (κ2) is 5.19. The predicted molar refractivity (Wildman–Crippen MR) is 92.3 cm³/mol. The fourth-order valence-electron chi connectivity index (χ4n) is 2.72. The lowest BCUT2D eigenvalue weighted by molar-refractivity contribution is -0.126. The third kappa shape index (κ3) is 2.11. The first-order valence-corrected chi connectivity index (χ1v) is 7.52. The molecule has 1 N–H and O–H groups in total. The topological polar surface area (TPSA) is 60.8 Å². The lowest BCUT2D eigenvalue weighted by atomic mass is 9.99. The molecule has 1 unspecified atom stereocenters. The number of para-hydroxylation sites is 1. The smallest absolute Gasteiger partial charge is 0.257 e. The van der Waals surface area contributed by atoms with Gasteiger partial charge >= 0.3 is 0 Å². The molecule has 0 spiro atoms. The van der Waals surface area contributed by atoms with Crippen LogP contribution in [0.25, 0.3) is 16.6 Å². The van der Waals surface area contributed by atoms with Crippen LogP contribution in [-0.4, -0.2) is 33.9 Å². The lowest BCUT2D eigenvalue weighted by Gasteiger charge is -2.18. The molecule has 1 aromatic carbocycles. The third-order valence-electron chi connectivity index (χ3n) is 4.27. The van der Waals surface area contributed by atoms with Crippen molar-refractivity contribution in [2.24, 2.45) is 15.9 Å². The van der Waals surface area contributed by atoms with Crippen LogP contribution in [0.5, 0.6) is 0 Å². The van der Waals surface area contributed by atoms with E-state index in [-0.39, 0.29) is 64.3 Å². The van der Waals surface area contributed by atoms with E-state index in [2.05, 4.69) is 15.0 Å². The predicted octanol–water partition coefficient (Wildman–Crippen LogP) is 3.21. The van der Waals surface area contributed by atoms with Gasteiger partial charge in [-0.25, -0.2) is 0 Å². The van der Waals surface area contributed by atoms with Gasteiger partial charge in [0.25, 0.3) is 5.91 Å². The molecule has 2 aliphatic rings. The number of benzene rings is 1. The second-order valence-electron chi connectivity index (χ2n) is 5.67. The molecule has 2 atom stereocenters. The summed E-state index contributed by atoms with van der Waals surface area (Å²) in [6.07, 6.45) is 3.67. The van der Waals surface area contributed by atoms with Crippen molar-refractivity contribution in [3.05, 3.63) is 42.1 Å². The number of nitrogens with zero attached hydrogens (tertiary/aromatic N) is 3. The number of H-pyrrole nitrogens is 1. The highest BCUT2D eigenvalue weighted by Crippen LogP contribution is 2.30. The van der Waals surface area contributed by atoms with Crippen LogP contribution in [0.2, 0.25) is 0 Å². The molecular weight excluding hydrogens is 288 g/mol. The first-order valence-electron chi connectivity index (χ1n) is 10.0. The Morgan fingerprint density at radius 3 is 3.09 bits per heavy atom. The summed E-state index contributed by atoms with van der Waals surface area (Å²) in [5, 5.41) is 0.185. The van der Waals surface area contributed by atoms with E-state index >= 15 is 0 Å². The maximum atomic E-state index is 12.8. The number of aromatic amines is 1. The SMILES string of the molecule is [2H]c1[nH]c2c([2H])c([2H])c([2H])c([2H])c2c1C1=CN2C(=O)C([C@@H](C)CC)N=C2C=N1. The Kier molecular flexibility index (Phi) is 2.13. The van der Waals surface area contributed by atoms with Crippen molar-refractivity contribution in [2.45, 2.75) is 26.3 Å². The number of nitrogens with one attached hydrogen (secondary N) is 1. The Balaban J connectivity index is 1.86. The van der Waals surface area contributed by atoms with Crippen molar-refractivity contribution in [3.63, 3.8) is 0 Å². The van der Waals surface area contributed by atoms with Crippen LogP contribution >= 0.6 is 0 Å². The van der Waals surface area contributed by atoms with Gasteiger partial charge in [-0.05, 0) is 12.0 Å². The number of amides is 1. The van der Waals surface area contributed by atoms with Gasteiger partial charge in [0.05, 0.1) is 18.8 Å². The minimum Gasteiger partial charge on any atom is -0.360 e. The molecule has 5 heteroatoms. The van der Waals surface area contributed by atoms with Crippen molar-refractivity contribution in [1.29, 1.82) is 0 Å². The highest BCUT2D eigenvalue weighted by molar-refractivity contribution is 6.37. The molecule has 0 saturated heterocycles. The van der Waals surface area contributed by atoms with Crippen molar-refractivity contribution in [3.8, 4) is 0 Å². The van der Waals surface area contributed by atoms with E-state index in [0.29, 0.717) is 5.84 Å². The number of carbonyl (C=O) groups is 1. The lowest BCUT2D eigenvalue weighted by Crippen LogP contribution is -2.35. The largest absolute Gasteiger partial charge is 0.360 e. The number of hydrogen-bond acceptors (Lipinski definition) is 3. The molecule has 3 heterocycles. The molecule has 1 aromatic heterocycles. The Hall–Kier alpha value is -2.69. The molecule has 23 heavy (non-hydrogen) atoms. The molecule has 2 aromatic rings. The average Bonchev–Trinajstić information content (AvgIpc) is 3.21. The van der Waals surface area contributed by atoms with E-state index < -0.39 is 6.04 Å². The summed E-state index contributed by atoms with van der Waals surface area (Å²) in [5.41, 5.74) is 0.655. The Morgan fingerprint density at radius 1 is 1.43 bits per heavy atom. The van der Waals surface area contributed by atoms with E-state index in [1.54, 1.807) is 0 Å². The van der Waals surface area contributed by atoms with Crippen LogP contribution in [-0.2, 0) is 4.79 Å². The molecule has 2 aliphatic heterocycles. The van der Waals surface area contributed by atoms with Gasteiger partial charge in [-0.2, -0.15) is 0 Å². The van der Waals surface area contributed by atoms with Gasteiger partial charge in [-0.3, -0.25) is 19.7 Å². The van der Waals surface area contributed by atoms with Gasteiger partial charge in [0, 0.05) is 28.8 Å². The highest BCUT2D eigenvalue weighted by atomic mass is 16.2. The van der Waals surface area contributed by atoms with Crippen LogP contribution in [0.1, 0.15) is 32.7 Å². The van der Waals surface area contributed by atoms with E-state index in [4.69, 9.17) is 6.85 Å². The van der Waals surface area contributed by atoms with Gasteiger partial charge < -0.3 is 4.98 Å². The van der Waals surface area contributed by atoms with Gasteiger partial charge in [-0.1, -0.05) is 38.4 Å². The number of rotatable bonds is 3. The number of carbonyl (C=O) groups excluding carboxylic acids is 1. The Morgan fingerprint density at radius 2 is 2.26 bits per heavy atom. The standard InChI is InChI=1S/C18H18N4O/c1-3-11(2)17-18(23)22-10-15(20-9-16(22)21-17)13-8-19-14-7-5-4-6-12(13)14/h4-11,17,19H,3H2,1-2H3/t11-,17?/m0/s1/i4D,5D,6D,7D,8D. The van der Waals surface area contributed by atoms with Crippen molar-refractivity contribution in [2.75, 3.05) is 0 Å². The molecule has 1 amide bonds. The van der Waals surface area contributed by atoms with Gasteiger partial charge in [0.15, 0.2) is 5.84 Å². The zero-order valence-electron chi connectivity index (χ0n) is 17.8. The minimum absolute atomic E-state index is 0.0859. The molecule has 116 valence electrons. The number of aliphatic imine (C=N–C) groups is 2. The number of amidine groups is 1. The number of fused-ring (bicyclic) bond motifs is 2. The van der Waals surface area contributed by atoms with Crippen molar-refractivity contribution < 1.29 is 11.6 Å². The Labute approximate surface area is 141 Å². The van der Waals surface area contributed by atoms with Crippen molar-refractivity contribution >= 4 is 34.6 Å².